The number of carbonyl (C=O) groups is 3. The quantitative estimate of drug-likeness (QED) is 0.589. The number of nitrogens with one attached hydrogen (secondary N) is 2. The highest BCUT2D eigenvalue weighted by Gasteiger charge is 2.24. The second kappa shape index (κ2) is 9.04. The summed E-state index contributed by atoms with van der Waals surface area (Å²) < 4.78 is 36.5. The van der Waals surface area contributed by atoms with Crippen LogP contribution >= 0.6 is 0 Å². The summed E-state index contributed by atoms with van der Waals surface area (Å²) in [6.07, 6.45) is 0. The average Bonchev–Trinajstić information content (AvgIpc) is 2.65. The van der Waals surface area contributed by atoms with Crippen LogP contribution in [0.4, 0.5) is 10.5 Å². The van der Waals surface area contributed by atoms with E-state index in [1.807, 2.05) is 0 Å². The fraction of sp³-hybridized carbons (Fsp3) is 0.250. The first-order valence-electron chi connectivity index (χ1n) is 8.91. The molecule has 0 spiro atoms. The zero-order valence-corrected chi connectivity index (χ0v) is 18.1. The van der Waals surface area contributed by atoms with Gasteiger partial charge in [0.25, 0.3) is 10.0 Å². The third kappa shape index (κ3) is 6.19. The molecule has 0 atom stereocenters. The summed E-state index contributed by atoms with van der Waals surface area (Å²) in [7, 11) is -3.24. The number of methoxy groups -OCH3 is 1. The van der Waals surface area contributed by atoms with Crippen molar-refractivity contribution in [2.75, 3.05) is 12.4 Å². The van der Waals surface area contributed by atoms with Gasteiger partial charge < -0.3 is 19.9 Å². The number of anilines is 1. The van der Waals surface area contributed by atoms with E-state index in [4.69, 9.17) is 4.74 Å². The third-order valence-corrected chi connectivity index (χ3v) is 5.03. The number of para-hydroxylation sites is 1. The van der Waals surface area contributed by atoms with Crippen LogP contribution in [0, 0.1) is 0 Å². The summed E-state index contributed by atoms with van der Waals surface area (Å²) in [5.41, 5.74) is -0.985. The second-order valence-electron chi connectivity index (χ2n) is 7.28. The normalized spacial score (nSPS) is 11.4. The molecule has 0 unspecified atom stereocenters. The van der Waals surface area contributed by atoms with Crippen molar-refractivity contribution in [3.8, 4) is 5.75 Å². The van der Waals surface area contributed by atoms with Gasteiger partial charge in [-0.2, -0.15) is 0 Å². The van der Waals surface area contributed by atoms with Crippen LogP contribution in [0.25, 0.3) is 0 Å². The van der Waals surface area contributed by atoms with E-state index in [2.05, 4.69) is 10.1 Å². The van der Waals surface area contributed by atoms with Crippen LogP contribution in [0.15, 0.2) is 47.4 Å². The molecular weight excluding hydrogens is 428 g/mol. The molecule has 2 amide bonds. The average molecular weight is 450 g/mol. The summed E-state index contributed by atoms with van der Waals surface area (Å²) in [5, 5.41) is 12.3. The molecule has 10 nitrogen and oxygen atoms in total. The van der Waals surface area contributed by atoms with E-state index < -0.39 is 44.2 Å². The number of hydrogen-bond acceptors (Lipinski definition) is 8. The first-order chi connectivity index (χ1) is 14.3. The van der Waals surface area contributed by atoms with Gasteiger partial charge in [-0.15, -0.1) is 0 Å². The summed E-state index contributed by atoms with van der Waals surface area (Å²) in [4.78, 5) is 35.6. The number of urea groups is 1. The molecule has 11 heteroatoms. The van der Waals surface area contributed by atoms with Crippen molar-refractivity contribution in [2.45, 2.75) is 31.3 Å². The molecule has 0 bridgehead atoms. The zero-order chi connectivity index (χ0) is 23.4. The van der Waals surface area contributed by atoms with Gasteiger partial charge >= 0.3 is 18.0 Å². The number of phenolic OH excluding ortho intramolecular Hbond substituents is 1. The van der Waals surface area contributed by atoms with Crippen molar-refractivity contribution in [1.29, 1.82) is 0 Å². The maximum absolute atomic E-state index is 12.5. The fourth-order valence-corrected chi connectivity index (χ4v) is 3.32. The van der Waals surface area contributed by atoms with Crippen LogP contribution in [0.3, 0.4) is 0 Å². The lowest BCUT2D eigenvalue weighted by atomic mass is 10.1. The van der Waals surface area contributed by atoms with Crippen molar-refractivity contribution in [1.82, 2.24) is 4.72 Å². The standard InChI is InChI=1S/C20H22N2O8S/c1-20(2,3)30-18(25)14-10-9-12(11-16(14)23)31(27,28)22-19(26)21-15-8-6-5-7-13(15)17(24)29-4/h5-11,23H,1-4H3,(H2,21,22,26). The van der Waals surface area contributed by atoms with E-state index in [0.29, 0.717) is 0 Å². The number of carbonyl (C=O) groups excluding carboxylic acids is 3. The Bertz CT molecular complexity index is 1120. The molecule has 2 rings (SSSR count). The predicted molar refractivity (Wildman–Crippen MR) is 110 cm³/mol. The monoisotopic (exact) mass is 450 g/mol. The van der Waals surface area contributed by atoms with Crippen LogP contribution in [-0.2, 0) is 19.5 Å². The van der Waals surface area contributed by atoms with E-state index in [0.717, 1.165) is 25.3 Å². The number of aromatic hydroxyl groups is 1. The number of esters is 2. The molecule has 31 heavy (non-hydrogen) atoms. The first-order valence-corrected chi connectivity index (χ1v) is 10.4. The Morgan fingerprint density at radius 1 is 0.968 bits per heavy atom. The minimum Gasteiger partial charge on any atom is -0.507 e. The van der Waals surface area contributed by atoms with E-state index in [1.165, 1.54) is 18.2 Å². The third-order valence-electron chi connectivity index (χ3n) is 3.71. The number of ether oxygens (including phenoxy) is 2. The molecule has 166 valence electrons. The Labute approximate surface area is 179 Å². The lowest BCUT2D eigenvalue weighted by Gasteiger charge is -2.20. The van der Waals surface area contributed by atoms with Gasteiger partial charge in [-0.3, -0.25) is 0 Å². The van der Waals surface area contributed by atoms with E-state index >= 15 is 0 Å². The SMILES string of the molecule is COC(=O)c1ccccc1NC(=O)NS(=O)(=O)c1ccc(C(=O)OC(C)(C)C)c(O)c1. The van der Waals surface area contributed by atoms with Gasteiger partial charge in [-0.05, 0) is 45.0 Å². The minimum absolute atomic E-state index is 0.0249. The molecular formula is C20H22N2O8S. The van der Waals surface area contributed by atoms with Gasteiger partial charge in [0.15, 0.2) is 0 Å². The topological polar surface area (TPSA) is 148 Å². The molecule has 2 aromatic rings. The zero-order valence-electron chi connectivity index (χ0n) is 17.3. The van der Waals surface area contributed by atoms with Crippen molar-refractivity contribution < 1.29 is 37.4 Å². The van der Waals surface area contributed by atoms with Crippen LogP contribution in [0.5, 0.6) is 5.75 Å². The number of amides is 2. The number of benzene rings is 2. The molecule has 2 aromatic carbocycles. The minimum atomic E-state index is -4.41. The number of hydrogen-bond donors (Lipinski definition) is 3. The Balaban J connectivity index is 2.20. The molecule has 0 aliphatic carbocycles. The molecule has 0 fully saturated rings. The molecule has 0 radical (unpaired) electrons. The molecule has 0 aliphatic rings. The maximum Gasteiger partial charge on any atom is 0.342 e. The lowest BCUT2D eigenvalue weighted by molar-refractivity contribution is 0.00664. The molecule has 0 aromatic heterocycles. The molecule has 0 saturated carbocycles. The molecule has 3 N–H and O–H groups in total. The van der Waals surface area contributed by atoms with Crippen LogP contribution in [0.2, 0.25) is 0 Å². The van der Waals surface area contributed by atoms with Gasteiger partial charge in [0.1, 0.15) is 16.9 Å². The maximum atomic E-state index is 12.5. The largest absolute Gasteiger partial charge is 0.507 e. The Hall–Kier alpha value is -3.60. The summed E-state index contributed by atoms with van der Waals surface area (Å²) in [5.74, 6) is -2.19. The lowest BCUT2D eigenvalue weighted by Crippen LogP contribution is -2.34. The van der Waals surface area contributed by atoms with Crippen LogP contribution in [0.1, 0.15) is 41.5 Å². The van der Waals surface area contributed by atoms with Gasteiger partial charge in [-0.1, -0.05) is 12.1 Å². The van der Waals surface area contributed by atoms with Crippen molar-refractivity contribution in [2.24, 2.45) is 0 Å². The Kier molecular flexibility index (Phi) is 6.91. The van der Waals surface area contributed by atoms with Gasteiger partial charge in [0, 0.05) is 6.07 Å². The highest BCUT2D eigenvalue weighted by molar-refractivity contribution is 7.90. The first kappa shape index (κ1) is 23.7. The molecule has 0 heterocycles. The van der Waals surface area contributed by atoms with Gasteiger partial charge in [0.2, 0.25) is 0 Å². The fourth-order valence-electron chi connectivity index (χ4n) is 2.39. The smallest absolute Gasteiger partial charge is 0.342 e. The van der Waals surface area contributed by atoms with E-state index in [-0.39, 0.29) is 16.8 Å². The summed E-state index contributed by atoms with van der Waals surface area (Å²) >= 11 is 0. The highest BCUT2D eigenvalue weighted by Crippen LogP contribution is 2.24. The van der Waals surface area contributed by atoms with Crippen LogP contribution in [-0.4, -0.2) is 44.2 Å². The van der Waals surface area contributed by atoms with Crippen molar-refractivity contribution in [3.05, 3.63) is 53.6 Å². The van der Waals surface area contributed by atoms with Crippen LogP contribution < -0.4 is 10.0 Å². The Morgan fingerprint density at radius 3 is 2.19 bits per heavy atom. The predicted octanol–water partition coefficient (Wildman–Crippen LogP) is 2.64. The Morgan fingerprint density at radius 2 is 1.61 bits per heavy atom. The number of rotatable bonds is 5. The number of phenols is 1. The highest BCUT2D eigenvalue weighted by atomic mass is 32.2. The van der Waals surface area contributed by atoms with Crippen molar-refractivity contribution in [3.63, 3.8) is 0 Å². The molecule has 0 aliphatic heterocycles. The van der Waals surface area contributed by atoms with Gasteiger partial charge in [0.05, 0.1) is 23.3 Å². The van der Waals surface area contributed by atoms with E-state index in [1.54, 1.807) is 31.6 Å². The molecule has 0 saturated heterocycles. The summed E-state index contributed by atoms with van der Waals surface area (Å²) in [6, 6.07) is 7.64. The second-order valence-corrected chi connectivity index (χ2v) is 8.96. The van der Waals surface area contributed by atoms with Gasteiger partial charge in [-0.25, -0.2) is 27.5 Å². The number of sulfonamides is 1. The van der Waals surface area contributed by atoms with Crippen molar-refractivity contribution >= 4 is 33.7 Å². The van der Waals surface area contributed by atoms with E-state index in [9.17, 15) is 27.9 Å². The summed E-state index contributed by atoms with van der Waals surface area (Å²) in [6.45, 7) is 4.92.